The molecule has 1 heterocycles. The summed E-state index contributed by atoms with van der Waals surface area (Å²) in [5, 5.41) is 9.30. The number of aliphatic carboxylic acids is 1. The first-order chi connectivity index (χ1) is 8.42. The van der Waals surface area contributed by atoms with Gasteiger partial charge in [-0.15, -0.1) is 0 Å². The Kier molecular flexibility index (Phi) is 4.00. The lowest BCUT2D eigenvalue weighted by Crippen LogP contribution is -2.40. The van der Waals surface area contributed by atoms with Crippen LogP contribution in [0.2, 0.25) is 0 Å². The monoisotopic (exact) mass is 253 g/mol. The highest BCUT2D eigenvalue weighted by molar-refractivity contribution is 5.74. The predicted molar refractivity (Wildman–Crippen MR) is 72.5 cm³/mol. The molecule has 3 nitrogen and oxygen atoms in total. The minimum atomic E-state index is -0.624. The van der Waals surface area contributed by atoms with E-state index in [1.165, 1.54) is 25.7 Å². The van der Waals surface area contributed by atoms with Crippen molar-refractivity contribution in [2.75, 3.05) is 13.1 Å². The van der Waals surface area contributed by atoms with Crippen LogP contribution in [0.15, 0.2) is 0 Å². The van der Waals surface area contributed by atoms with Crippen LogP contribution in [-0.4, -0.2) is 35.1 Å². The van der Waals surface area contributed by atoms with Gasteiger partial charge in [0.15, 0.2) is 0 Å². The van der Waals surface area contributed by atoms with E-state index in [9.17, 15) is 9.90 Å². The first kappa shape index (κ1) is 13.9. The van der Waals surface area contributed by atoms with Gasteiger partial charge in [0.2, 0.25) is 0 Å². The second-order valence-electron chi connectivity index (χ2n) is 6.91. The molecule has 0 aromatic rings. The summed E-state index contributed by atoms with van der Waals surface area (Å²) < 4.78 is 0. The number of carbonyl (C=O) groups is 1. The molecule has 0 aromatic carbocycles. The molecular formula is C15H27NO2. The molecule has 1 aliphatic carbocycles. The third-order valence-corrected chi connectivity index (χ3v) is 5.17. The van der Waals surface area contributed by atoms with E-state index in [1.807, 2.05) is 6.92 Å². The number of nitrogens with zero attached hydrogens (tertiary/aromatic N) is 1. The van der Waals surface area contributed by atoms with Crippen LogP contribution >= 0.6 is 0 Å². The maximum atomic E-state index is 11.3. The Hall–Kier alpha value is -0.570. The minimum Gasteiger partial charge on any atom is -0.481 e. The Labute approximate surface area is 111 Å². The van der Waals surface area contributed by atoms with Crippen LogP contribution in [-0.2, 0) is 4.79 Å². The maximum Gasteiger partial charge on any atom is 0.310 e. The smallest absolute Gasteiger partial charge is 0.310 e. The quantitative estimate of drug-likeness (QED) is 0.840. The van der Waals surface area contributed by atoms with E-state index in [1.54, 1.807) is 0 Å². The van der Waals surface area contributed by atoms with Gasteiger partial charge in [-0.3, -0.25) is 9.69 Å². The fourth-order valence-corrected chi connectivity index (χ4v) is 3.62. The van der Waals surface area contributed by atoms with Gasteiger partial charge >= 0.3 is 5.97 Å². The zero-order chi connectivity index (χ0) is 13.3. The molecule has 1 saturated heterocycles. The lowest BCUT2D eigenvalue weighted by molar-refractivity contribution is -0.147. The standard InChI is InChI=1S/C15H27NO2/c1-11(2)12-5-4-6-13(9-12)16-8-7-15(3,10-16)14(17)18/h11-13H,4-10H2,1-3H3,(H,17,18). The summed E-state index contributed by atoms with van der Waals surface area (Å²) in [7, 11) is 0. The van der Waals surface area contributed by atoms with Crippen LogP contribution in [0.4, 0.5) is 0 Å². The highest BCUT2D eigenvalue weighted by atomic mass is 16.4. The number of likely N-dealkylation sites (tertiary alicyclic amines) is 1. The van der Waals surface area contributed by atoms with Crippen molar-refractivity contribution in [3.8, 4) is 0 Å². The first-order valence-electron chi connectivity index (χ1n) is 7.40. The van der Waals surface area contributed by atoms with E-state index in [-0.39, 0.29) is 0 Å². The molecule has 104 valence electrons. The van der Waals surface area contributed by atoms with Crippen LogP contribution in [0, 0.1) is 17.3 Å². The molecule has 18 heavy (non-hydrogen) atoms. The van der Waals surface area contributed by atoms with Crippen molar-refractivity contribution in [2.24, 2.45) is 17.3 Å². The maximum absolute atomic E-state index is 11.3. The highest BCUT2D eigenvalue weighted by Gasteiger charge is 2.43. The van der Waals surface area contributed by atoms with Crippen molar-refractivity contribution in [3.05, 3.63) is 0 Å². The number of hydrogen-bond donors (Lipinski definition) is 1. The molecule has 1 saturated carbocycles. The topological polar surface area (TPSA) is 40.5 Å². The molecule has 2 fully saturated rings. The van der Waals surface area contributed by atoms with Crippen molar-refractivity contribution >= 4 is 5.97 Å². The lowest BCUT2D eigenvalue weighted by Gasteiger charge is -2.37. The van der Waals surface area contributed by atoms with Gasteiger partial charge in [-0.25, -0.2) is 0 Å². The Morgan fingerprint density at radius 3 is 2.67 bits per heavy atom. The van der Waals surface area contributed by atoms with Gasteiger partial charge in [0.1, 0.15) is 0 Å². The van der Waals surface area contributed by atoms with Crippen molar-refractivity contribution in [1.29, 1.82) is 0 Å². The predicted octanol–water partition coefficient (Wildman–Crippen LogP) is 3.00. The third-order valence-electron chi connectivity index (χ3n) is 5.17. The summed E-state index contributed by atoms with van der Waals surface area (Å²) >= 11 is 0. The summed E-state index contributed by atoms with van der Waals surface area (Å²) in [6.45, 7) is 8.25. The SMILES string of the molecule is CC(C)C1CCCC(N2CCC(C)(C(=O)O)C2)C1. The van der Waals surface area contributed by atoms with Gasteiger partial charge in [0.05, 0.1) is 5.41 Å². The molecule has 1 aliphatic heterocycles. The van der Waals surface area contributed by atoms with Crippen molar-refractivity contribution < 1.29 is 9.90 Å². The number of carboxylic acid groups (broad SMARTS) is 1. The van der Waals surface area contributed by atoms with Gasteiger partial charge in [-0.1, -0.05) is 26.7 Å². The molecule has 0 amide bonds. The van der Waals surface area contributed by atoms with Gasteiger partial charge in [0, 0.05) is 12.6 Å². The second kappa shape index (κ2) is 5.20. The molecule has 3 unspecified atom stereocenters. The third kappa shape index (κ3) is 2.71. The average Bonchev–Trinajstić information content (AvgIpc) is 2.73. The Bertz CT molecular complexity index is 316. The molecule has 3 heteroatoms. The van der Waals surface area contributed by atoms with Crippen molar-refractivity contribution in [1.82, 2.24) is 4.90 Å². The number of rotatable bonds is 3. The van der Waals surface area contributed by atoms with Gasteiger partial charge in [-0.05, 0) is 44.6 Å². The van der Waals surface area contributed by atoms with Crippen LogP contribution < -0.4 is 0 Å². The molecule has 2 aliphatic rings. The fraction of sp³-hybridized carbons (Fsp3) is 0.933. The number of carboxylic acids is 1. The molecule has 0 spiro atoms. The summed E-state index contributed by atoms with van der Waals surface area (Å²) in [4.78, 5) is 13.7. The zero-order valence-corrected chi connectivity index (χ0v) is 12.0. The Morgan fingerprint density at radius 1 is 1.39 bits per heavy atom. The van der Waals surface area contributed by atoms with E-state index in [0.717, 1.165) is 31.3 Å². The Morgan fingerprint density at radius 2 is 2.11 bits per heavy atom. The minimum absolute atomic E-state index is 0.509. The van der Waals surface area contributed by atoms with Crippen molar-refractivity contribution in [3.63, 3.8) is 0 Å². The van der Waals surface area contributed by atoms with Crippen LogP contribution in [0.1, 0.15) is 52.9 Å². The van der Waals surface area contributed by atoms with E-state index in [2.05, 4.69) is 18.7 Å². The van der Waals surface area contributed by atoms with E-state index in [4.69, 9.17) is 0 Å². The summed E-state index contributed by atoms with van der Waals surface area (Å²) in [5.41, 5.74) is -0.509. The number of hydrogen-bond acceptors (Lipinski definition) is 2. The first-order valence-corrected chi connectivity index (χ1v) is 7.40. The molecule has 3 atom stereocenters. The highest BCUT2D eigenvalue weighted by Crippen LogP contribution is 2.37. The van der Waals surface area contributed by atoms with Gasteiger partial charge in [0.25, 0.3) is 0 Å². The van der Waals surface area contributed by atoms with Crippen molar-refractivity contribution in [2.45, 2.75) is 58.9 Å². The molecule has 0 radical (unpaired) electrons. The second-order valence-corrected chi connectivity index (χ2v) is 6.91. The normalized spacial score (nSPS) is 38.2. The molecule has 2 rings (SSSR count). The Balaban J connectivity index is 1.95. The van der Waals surface area contributed by atoms with E-state index >= 15 is 0 Å². The lowest BCUT2D eigenvalue weighted by atomic mass is 9.79. The molecule has 0 bridgehead atoms. The zero-order valence-electron chi connectivity index (χ0n) is 12.0. The van der Waals surface area contributed by atoms with Gasteiger partial charge < -0.3 is 5.11 Å². The van der Waals surface area contributed by atoms with E-state index < -0.39 is 11.4 Å². The largest absolute Gasteiger partial charge is 0.481 e. The van der Waals surface area contributed by atoms with E-state index in [0.29, 0.717) is 6.04 Å². The van der Waals surface area contributed by atoms with Crippen LogP contribution in [0.3, 0.4) is 0 Å². The molecule has 0 aromatic heterocycles. The molecular weight excluding hydrogens is 226 g/mol. The summed E-state index contributed by atoms with van der Waals surface area (Å²) in [5.74, 6) is 0.975. The van der Waals surface area contributed by atoms with Crippen LogP contribution in [0.5, 0.6) is 0 Å². The molecule has 1 N–H and O–H groups in total. The average molecular weight is 253 g/mol. The summed E-state index contributed by atoms with van der Waals surface area (Å²) in [6.07, 6.45) is 6.02. The summed E-state index contributed by atoms with van der Waals surface area (Å²) in [6, 6.07) is 0.632. The van der Waals surface area contributed by atoms with Crippen LogP contribution in [0.25, 0.3) is 0 Å². The van der Waals surface area contributed by atoms with Gasteiger partial charge in [-0.2, -0.15) is 0 Å². The fourth-order valence-electron chi connectivity index (χ4n) is 3.62.